The molecule has 3 N–H and O–H groups in total. The lowest BCUT2D eigenvalue weighted by Gasteiger charge is -2.21. The van der Waals surface area contributed by atoms with Crippen LogP contribution in [-0.2, 0) is 10.3 Å². The van der Waals surface area contributed by atoms with Gasteiger partial charge in [-0.15, -0.1) is 0 Å². The summed E-state index contributed by atoms with van der Waals surface area (Å²) in [7, 11) is 1.56. The number of hydrogen-bond donors (Lipinski definition) is 2. The van der Waals surface area contributed by atoms with E-state index < -0.39 is 5.54 Å². The average molecular weight is 222 g/mol. The highest BCUT2D eigenvalue weighted by Gasteiger charge is 2.16. The Morgan fingerprint density at radius 3 is 2.50 bits per heavy atom. The molecule has 0 saturated carbocycles. The van der Waals surface area contributed by atoms with E-state index in [0.29, 0.717) is 11.4 Å². The van der Waals surface area contributed by atoms with Crippen molar-refractivity contribution >= 4 is 11.6 Å². The second-order valence-corrected chi connectivity index (χ2v) is 4.32. The van der Waals surface area contributed by atoms with E-state index in [9.17, 15) is 4.79 Å². The van der Waals surface area contributed by atoms with E-state index in [1.807, 2.05) is 26.0 Å². The van der Waals surface area contributed by atoms with Gasteiger partial charge in [-0.05, 0) is 31.5 Å². The van der Waals surface area contributed by atoms with Crippen molar-refractivity contribution in [2.24, 2.45) is 5.73 Å². The summed E-state index contributed by atoms with van der Waals surface area (Å²) in [6.45, 7) is 5.28. The van der Waals surface area contributed by atoms with Crippen LogP contribution in [0.5, 0.6) is 5.75 Å². The average Bonchev–Trinajstić information content (AvgIpc) is 2.15. The first-order valence-corrected chi connectivity index (χ1v) is 5.09. The molecule has 0 aliphatic heterocycles. The molecule has 1 rings (SSSR count). The molecule has 88 valence electrons. The zero-order valence-corrected chi connectivity index (χ0v) is 10.1. The summed E-state index contributed by atoms with van der Waals surface area (Å²) in [5.41, 5.74) is 7.14. The number of ether oxygens (including phenoxy) is 1. The number of amides is 1. The Bertz CT molecular complexity index is 394. The molecular formula is C12H18N2O2. The van der Waals surface area contributed by atoms with Crippen LogP contribution in [0.2, 0.25) is 0 Å². The Morgan fingerprint density at radius 2 is 2.06 bits per heavy atom. The summed E-state index contributed by atoms with van der Waals surface area (Å²) in [6, 6.07) is 5.53. The van der Waals surface area contributed by atoms with E-state index in [0.717, 1.165) is 5.56 Å². The van der Waals surface area contributed by atoms with Crippen LogP contribution in [0.1, 0.15) is 26.3 Å². The van der Waals surface area contributed by atoms with Crippen LogP contribution in [0.4, 0.5) is 5.69 Å². The number of rotatable bonds is 3. The molecule has 0 aliphatic rings. The van der Waals surface area contributed by atoms with Crippen molar-refractivity contribution in [2.75, 3.05) is 12.4 Å². The molecule has 0 unspecified atom stereocenters. The summed E-state index contributed by atoms with van der Waals surface area (Å²) in [5, 5.41) is 2.72. The molecule has 0 saturated heterocycles. The minimum Gasteiger partial charge on any atom is -0.495 e. The van der Waals surface area contributed by atoms with Crippen molar-refractivity contribution in [3.05, 3.63) is 23.8 Å². The van der Waals surface area contributed by atoms with Gasteiger partial charge in [-0.3, -0.25) is 4.79 Å². The largest absolute Gasteiger partial charge is 0.495 e. The predicted octanol–water partition coefficient (Wildman–Crippen LogP) is 1.85. The molecule has 0 spiro atoms. The van der Waals surface area contributed by atoms with Crippen LogP contribution in [0.3, 0.4) is 0 Å². The summed E-state index contributed by atoms with van der Waals surface area (Å²) in [4.78, 5) is 11.0. The lowest BCUT2D eigenvalue weighted by atomic mass is 9.95. The second kappa shape index (κ2) is 4.53. The molecule has 0 fully saturated rings. The molecule has 0 bridgehead atoms. The molecular weight excluding hydrogens is 204 g/mol. The van der Waals surface area contributed by atoms with Crippen LogP contribution in [0.15, 0.2) is 18.2 Å². The normalized spacial score (nSPS) is 11.1. The lowest BCUT2D eigenvalue weighted by Crippen LogP contribution is -2.28. The highest BCUT2D eigenvalue weighted by molar-refractivity contribution is 5.90. The van der Waals surface area contributed by atoms with Gasteiger partial charge in [-0.2, -0.15) is 0 Å². The first-order valence-electron chi connectivity index (χ1n) is 5.09. The maximum atomic E-state index is 11.0. The van der Waals surface area contributed by atoms with Gasteiger partial charge in [0.05, 0.1) is 12.8 Å². The molecule has 4 heteroatoms. The van der Waals surface area contributed by atoms with E-state index >= 15 is 0 Å². The first-order chi connectivity index (χ1) is 7.34. The second-order valence-electron chi connectivity index (χ2n) is 4.32. The number of nitrogens with one attached hydrogen (secondary N) is 1. The fraction of sp³-hybridized carbons (Fsp3) is 0.417. The number of hydrogen-bond acceptors (Lipinski definition) is 3. The van der Waals surface area contributed by atoms with Crippen molar-refractivity contribution in [1.82, 2.24) is 0 Å². The smallest absolute Gasteiger partial charge is 0.221 e. The van der Waals surface area contributed by atoms with Crippen molar-refractivity contribution in [1.29, 1.82) is 0 Å². The molecule has 1 aromatic carbocycles. The van der Waals surface area contributed by atoms with Gasteiger partial charge < -0.3 is 15.8 Å². The molecule has 0 radical (unpaired) electrons. The third-order valence-electron chi connectivity index (χ3n) is 2.25. The zero-order chi connectivity index (χ0) is 12.3. The zero-order valence-electron chi connectivity index (χ0n) is 10.1. The Hall–Kier alpha value is -1.55. The minimum absolute atomic E-state index is 0.134. The van der Waals surface area contributed by atoms with E-state index in [2.05, 4.69) is 5.32 Å². The Balaban J connectivity index is 3.16. The van der Waals surface area contributed by atoms with Crippen molar-refractivity contribution in [3.8, 4) is 5.75 Å². The summed E-state index contributed by atoms with van der Waals surface area (Å²) in [5.74, 6) is 0.494. The molecule has 0 aromatic heterocycles. The van der Waals surface area contributed by atoms with Crippen molar-refractivity contribution in [2.45, 2.75) is 26.3 Å². The molecule has 16 heavy (non-hydrogen) atoms. The maximum Gasteiger partial charge on any atom is 0.221 e. The SMILES string of the molecule is COc1ccc(C(C)(C)N)cc1NC(C)=O. The minimum atomic E-state index is -0.445. The summed E-state index contributed by atoms with van der Waals surface area (Å²) in [6.07, 6.45) is 0. The van der Waals surface area contributed by atoms with Crippen molar-refractivity contribution in [3.63, 3.8) is 0 Å². The van der Waals surface area contributed by atoms with Gasteiger partial charge in [0.15, 0.2) is 0 Å². The van der Waals surface area contributed by atoms with Gasteiger partial charge in [0, 0.05) is 12.5 Å². The van der Waals surface area contributed by atoms with Gasteiger partial charge in [-0.1, -0.05) is 6.07 Å². The van der Waals surface area contributed by atoms with Gasteiger partial charge in [-0.25, -0.2) is 0 Å². The number of anilines is 1. The molecule has 1 amide bonds. The first kappa shape index (κ1) is 12.5. The Labute approximate surface area is 95.8 Å². The summed E-state index contributed by atoms with van der Waals surface area (Å²) >= 11 is 0. The highest BCUT2D eigenvalue weighted by atomic mass is 16.5. The van der Waals surface area contributed by atoms with Crippen LogP contribution < -0.4 is 15.8 Å². The molecule has 0 heterocycles. The Kier molecular flexibility index (Phi) is 3.55. The lowest BCUT2D eigenvalue weighted by molar-refractivity contribution is -0.114. The maximum absolute atomic E-state index is 11.0. The van der Waals surface area contributed by atoms with Gasteiger partial charge in [0.2, 0.25) is 5.91 Å². The van der Waals surface area contributed by atoms with Crippen LogP contribution in [0, 0.1) is 0 Å². The predicted molar refractivity (Wildman–Crippen MR) is 64.5 cm³/mol. The van der Waals surface area contributed by atoms with Crippen LogP contribution in [-0.4, -0.2) is 13.0 Å². The van der Waals surface area contributed by atoms with Gasteiger partial charge >= 0.3 is 0 Å². The van der Waals surface area contributed by atoms with Crippen molar-refractivity contribution < 1.29 is 9.53 Å². The topological polar surface area (TPSA) is 64.3 Å². The molecule has 4 nitrogen and oxygen atoms in total. The molecule has 1 aromatic rings. The van der Waals surface area contributed by atoms with Crippen LogP contribution >= 0.6 is 0 Å². The van der Waals surface area contributed by atoms with E-state index in [1.54, 1.807) is 13.2 Å². The number of nitrogens with two attached hydrogens (primary N) is 1. The molecule has 0 aliphatic carbocycles. The summed E-state index contributed by atoms with van der Waals surface area (Å²) < 4.78 is 5.16. The number of benzene rings is 1. The quantitative estimate of drug-likeness (QED) is 0.820. The third kappa shape index (κ3) is 2.97. The standard InChI is InChI=1S/C12H18N2O2/c1-8(15)14-10-7-9(12(2,3)13)5-6-11(10)16-4/h5-7H,13H2,1-4H3,(H,14,15). The monoisotopic (exact) mass is 222 g/mol. The fourth-order valence-corrected chi connectivity index (χ4v) is 1.40. The van der Waals surface area contributed by atoms with Gasteiger partial charge in [0.1, 0.15) is 5.75 Å². The van der Waals surface area contributed by atoms with Gasteiger partial charge in [0.25, 0.3) is 0 Å². The number of carbonyl (C=O) groups excluding carboxylic acids is 1. The van der Waals surface area contributed by atoms with E-state index in [1.165, 1.54) is 6.92 Å². The number of carbonyl (C=O) groups is 1. The van der Waals surface area contributed by atoms with Crippen LogP contribution in [0.25, 0.3) is 0 Å². The van der Waals surface area contributed by atoms with E-state index in [-0.39, 0.29) is 5.91 Å². The molecule has 0 atom stereocenters. The highest BCUT2D eigenvalue weighted by Crippen LogP contribution is 2.29. The Morgan fingerprint density at radius 1 is 1.44 bits per heavy atom. The van der Waals surface area contributed by atoms with E-state index in [4.69, 9.17) is 10.5 Å². The third-order valence-corrected chi connectivity index (χ3v) is 2.25. The number of methoxy groups -OCH3 is 1. The fourth-order valence-electron chi connectivity index (χ4n) is 1.40.